The van der Waals surface area contributed by atoms with Gasteiger partial charge in [0.1, 0.15) is 6.10 Å². The molecule has 4 heteroatoms. The molecular weight excluding hydrogens is 400 g/mol. The van der Waals surface area contributed by atoms with Crippen molar-refractivity contribution in [1.82, 2.24) is 0 Å². The number of hydrogen-bond acceptors (Lipinski definition) is 3. The van der Waals surface area contributed by atoms with E-state index in [1.165, 1.54) is 12.8 Å². The molecule has 186 valence electrons. The third kappa shape index (κ3) is 8.06. The minimum absolute atomic E-state index is 0.0329. The fourth-order valence-electron chi connectivity index (χ4n) is 6.50. The summed E-state index contributed by atoms with van der Waals surface area (Å²) in [6.07, 6.45) is 10.2. The summed E-state index contributed by atoms with van der Waals surface area (Å²) >= 11 is 0. The molecule has 4 nitrogen and oxygen atoms in total. The number of carboxylic acid groups (broad SMARTS) is 1. The van der Waals surface area contributed by atoms with E-state index < -0.39 is 17.8 Å². The smallest absolute Gasteiger partial charge is 0.310 e. The normalized spacial score (nSPS) is 31.2. The molecule has 2 saturated carbocycles. The SMILES string of the molecule is CC(CCC(OC(=O)C1CCCC(C)C1C(=O)O)C1CCC(C(C)C)CC1)CC(C)(C)C. The lowest BCUT2D eigenvalue weighted by atomic mass is 9.72. The van der Waals surface area contributed by atoms with Gasteiger partial charge in [0.15, 0.2) is 0 Å². The summed E-state index contributed by atoms with van der Waals surface area (Å²) < 4.78 is 6.23. The molecule has 5 unspecified atom stereocenters. The second kappa shape index (κ2) is 11.9. The Labute approximate surface area is 197 Å². The largest absolute Gasteiger partial charge is 0.481 e. The number of carbonyl (C=O) groups excluding carboxylic acids is 1. The summed E-state index contributed by atoms with van der Waals surface area (Å²) in [6.45, 7) is 15.7. The average Bonchev–Trinajstić information content (AvgIpc) is 2.69. The van der Waals surface area contributed by atoms with Crippen molar-refractivity contribution in [3.05, 3.63) is 0 Å². The molecule has 0 radical (unpaired) electrons. The molecular formula is C28H50O4. The van der Waals surface area contributed by atoms with Gasteiger partial charge in [0.2, 0.25) is 0 Å². The van der Waals surface area contributed by atoms with Crippen molar-refractivity contribution in [3.63, 3.8) is 0 Å². The first-order valence-corrected chi connectivity index (χ1v) is 13.3. The van der Waals surface area contributed by atoms with Gasteiger partial charge in [0.25, 0.3) is 0 Å². The monoisotopic (exact) mass is 450 g/mol. The predicted octanol–water partition coefficient (Wildman–Crippen LogP) is 7.35. The summed E-state index contributed by atoms with van der Waals surface area (Å²) in [5.41, 5.74) is 0.299. The quantitative estimate of drug-likeness (QED) is 0.373. The molecule has 0 heterocycles. The number of esters is 1. The molecule has 2 aliphatic rings. The number of hydrogen-bond donors (Lipinski definition) is 1. The molecule has 2 rings (SSSR count). The van der Waals surface area contributed by atoms with Gasteiger partial charge in [0, 0.05) is 0 Å². The molecule has 0 aliphatic heterocycles. The Morgan fingerprint density at radius 3 is 2.06 bits per heavy atom. The molecule has 2 aliphatic carbocycles. The van der Waals surface area contributed by atoms with Gasteiger partial charge < -0.3 is 9.84 Å². The Kier molecular flexibility index (Phi) is 10.1. The first-order valence-electron chi connectivity index (χ1n) is 13.3. The molecule has 0 aromatic rings. The second-order valence-electron chi connectivity index (χ2n) is 12.7. The highest BCUT2D eigenvalue weighted by molar-refractivity contribution is 5.81. The average molecular weight is 451 g/mol. The van der Waals surface area contributed by atoms with Crippen LogP contribution < -0.4 is 0 Å². The number of carbonyl (C=O) groups is 2. The van der Waals surface area contributed by atoms with Gasteiger partial charge in [-0.2, -0.15) is 0 Å². The highest BCUT2D eigenvalue weighted by atomic mass is 16.5. The van der Waals surface area contributed by atoms with E-state index in [2.05, 4.69) is 41.5 Å². The number of aliphatic carboxylic acids is 1. The van der Waals surface area contributed by atoms with E-state index >= 15 is 0 Å². The van der Waals surface area contributed by atoms with Crippen molar-refractivity contribution in [2.45, 2.75) is 119 Å². The van der Waals surface area contributed by atoms with Gasteiger partial charge >= 0.3 is 11.9 Å². The number of ether oxygens (including phenoxy) is 1. The van der Waals surface area contributed by atoms with Gasteiger partial charge in [-0.3, -0.25) is 9.59 Å². The van der Waals surface area contributed by atoms with Crippen LogP contribution in [0.4, 0.5) is 0 Å². The Morgan fingerprint density at radius 1 is 0.938 bits per heavy atom. The Bertz CT molecular complexity index is 597. The van der Waals surface area contributed by atoms with E-state index in [0.29, 0.717) is 29.6 Å². The zero-order valence-electron chi connectivity index (χ0n) is 21.9. The lowest BCUT2D eigenvalue weighted by molar-refractivity contribution is -0.169. The molecule has 32 heavy (non-hydrogen) atoms. The molecule has 0 spiro atoms. The summed E-state index contributed by atoms with van der Waals surface area (Å²) in [5, 5.41) is 9.77. The lowest BCUT2D eigenvalue weighted by Gasteiger charge is -2.37. The second-order valence-corrected chi connectivity index (χ2v) is 12.7. The van der Waals surface area contributed by atoms with Crippen molar-refractivity contribution in [1.29, 1.82) is 0 Å². The van der Waals surface area contributed by atoms with Crippen LogP contribution in [0, 0.1) is 46.8 Å². The number of carboxylic acids is 1. The van der Waals surface area contributed by atoms with Crippen LogP contribution in [0.1, 0.15) is 113 Å². The van der Waals surface area contributed by atoms with Crippen LogP contribution in [-0.2, 0) is 14.3 Å². The zero-order valence-corrected chi connectivity index (χ0v) is 21.9. The van der Waals surface area contributed by atoms with Crippen LogP contribution in [0.25, 0.3) is 0 Å². The van der Waals surface area contributed by atoms with E-state index in [-0.39, 0.29) is 18.0 Å². The summed E-state index contributed by atoms with van der Waals surface area (Å²) in [5.74, 6) is 0.346. The first-order chi connectivity index (χ1) is 14.9. The highest BCUT2D eigenvalue weighted by Crippen LogP contribution is 2.40. The van der Waals surface area contributed by atoms with Gasteiger partial charge in [-0.1, -0.05) is 54.9 Å². The molecule has 0 saturated heterocycles. The fraction of sp³-hybridized carbons (Fsp3) is 0.929. The molecule has 0 bridgehead atoms. The molecule has 5 atom stereocenters. The van der Waals surface area contributed by atoms with E-state index in [1.54, 1.807) is 0 Å². The number of rotatable bonds is 9. The zero-order chi connectivity index (χ0) is 24.1. The topological polar surface area (TPSA) is 63.6 Å². The van der Waals surface area contributed by atoms with Crippen molar-refractivity contribution in [3.8, 4) is 0 Å². The van der Waals surface area contributed by atoms with Crippen LogP contribution >= 0.6 is 0 Å². The maximum absolute atomic E-state index is 13.3. The molecule has 0 aromatic carbocycles. The van der Waals surface area contributed by atoms with Crippen LogP contribution in [0.3, 0.4) is 0 Å². The summed E-state index contributed by atoms with van der Waals surface area (Å²) in [4.78, 5) is 25.2. The lowest BCUT2D eigenvalue weighted by Crippen LogP contribution is -2.41. The molecule has 0 aromatic heterocycles. The van der Waals surface area contributed by atoms with Crippen molar-refractivity contribution < 1.29 is 19.4 Å². The molecule has 2 fully saturated rings. The Morgan fingerprint density at radius 2 is 1.53 bits per heavy atom. The van der Waals surface area contributed by atoms with Crippen LogP contribution in [0.2, 0.25) is 0 Å². The van der Waals surface area contributed by atoms with Crippen LogP contribution in [0.15, 0.2) is 0 Å². The van der Waals surface area contributed by atoms with E-state index in [1.807, 2.05) is 6.92 Å². The predicted molar refractivity (Wildman–Crippen MR) is 130 cm³/mol. The van der Waals surface area contributed by atoms with Crippen molar-refractivity contribution >= 4 is 11.9 Å². The van der Waals surface area contributed by atoms with Gasteiger partial charge in [-0.05, 0) is 92.8 Å². The highest BCUT2D eigenvalue weighted by Gasteiger charge is 2.42. The molecule has 0 amide bonds. The van der Waals surface area contributed by atoms with Crippen molar-refractivity contribution in [2.24, 2.45) is 46.8 Å². The van der Waals surface area contributed by atoms with Gasteiger partial charge in [-0.15, -0.1) is 0 Å². The minimum Gasteiger partial charge on any atom is -0.481 e. The summed E-state index contributed by atoms with van der Waals surface area (Å²) in [7, 11) is 0. The van der Waals surface area contributed by atoms with E-state index in [9.17, 15) is 14.7 Å². The van der Waals surface area contributed by atoms with E-state index in [0.717, 1.165) is 50.9 Å². The Hall–Kier alpha value is -1.06. The maximum Gasteiger partial charge on any atom is 0.310 e. The van der Waals surface area contributed by atoms with Gasteiger partial charge in [-0.25, -0.2) is 0 Å². The van der Waals surface area contributed by atoms with E-state index in [4.69, 9.17) is 4.74 Å². The maximum atomic E-state index is 13.3. The summed E-state index contributed by atoms with van der Waals surface area (Å²) in [6, 6.07) is 0. The minimum atomic E-state index is -0.841. The van der Waals surface area contributed by atoms with Gasteiger partial charge in [0.05, 0.1) is 11.8 Å². The van der Waals surface area contributed by atoms with Crippen molar-refractivity contribution in [2.75, 3.05) is 0 Å². The standard InChI is InChI=1S/C28H50O4/c1-18(2)21-12-14-22(15-13-21)24(16-11-19(3)17-28(5,6)7)32-27(31)23-10-8-9-20(4)25(23)26(29)30/h18-25H,8-17H2,1-7H3,(H,29,30). The first kappa shape index (κ1) is 27.2. The fourth-order valence-corrected chi connectivity index (χ4v) is 6.50. The third-order valence-electron chi connectivity index (χ3n) is 8.27. The van der Waals surface area contributed by atoms with Crippen LogP contribution in [-0.4, -0.2) is 23.1 Å². The van der Waals surface area contributed by atoms with Crippen LogP contribution in [0.5, 0.6) is 0 Å². The molecule has 1 N–H and O–H groups in total. The third-order valence-corrected chi connectivity index (χ3v) is 8.27. The Balaban J connectivity index is 2.07.